The van der Waals surface area contributed by atoms with Crippen molar-refractivity contribution >= 4 is 11.8 Å². The fourth-order valence-electron chi connectivity index (χ4n) is 2.13. The lowest BCUT2D eigenvalue weighted by Crippen LogP contribution is -2.35. The van der Waals surface area contributed by atoms with Crippen molar-refractivity contribution in [3.05, 3.63) is 12.3 Å². The molecule has 2 rings (SSSR count). The number of piperidine rings is 1. The second kappa shape index (κ2) is 5.12. The Morgan fingerprint density at radius 2 is 2.50 bits per heavy atom. The number of rotatable bonds is 3. The summed E-state index contributed by atoms with van der Waals surface area (Å²) < 4.78 is 0. The van der Waals surface area contributed by atoms with E-state index in [1.54, 1.807) is 12.3 Å². The summed E-state index contributed by atoms with van der Waals surface area (Å²) in [7, 11) is 2.17. The number of nitrogens with zero attached hydrogens (tertiary/aromatic N) is 3. The minimum atomic E-state index is 0.512. The fourth-order valence-corrected chi connectivity index (χ4v) is 2.13. The zero-order chi connectivity index (χ0) is 11.4. The molecule has 5 nitrogen and oxygen atoms in total. The van der Waals surface area contributed by atoms with E-state index in [1.807, 2.05) is 0 Å². The maximum atomic E-state index is 5.59. The van der Waals surface area contributed by atoms with Crippen LogP contribution in [0.2, 0.25) is 0 Å². The molecule has 0 saturated carbocycles. The van der Waals surface area contributed by atoms with Crippen LogP contribution in [0.15, 0.2) is 12.3 Å². The van der Waals surface area contributed by atoms with E-state index in [9.17, 15) is 0 Å². The van der Waals surface area contributed by atoms with Gasteiger partial charge in [0.15, 0.2) is 0 Å². The fraction of sp³-hybridized carbons (Fsp3) is 0.636. The first-order valence-corrected chi connectivity index (χ1v) is 5.75. The number of nitrogens with one attached hydrogen (secondary N) is 1. The van der Waals surface area contributed by atoms with Gasteiger partial charge in [-0.1, -0.05) is 0 Å². The molecule has 0 amide bonds. The van der Waals surface area contributed by atoms with E-state index >= 15 is 0 Å². The third-order valence-electron chi connectivity index (χ3n) is 2.95. The first-order chi connectivity index (χ1) is 7.74. The van der Waals surface area contributed by atoms with E-state index in [0.29, 0.717) is 17.7 Å². The molecule has 1 aromatic heterocycles. The highest BCUT2D eigenvalue weighted by Gasteiger charge is 2.16. The van der Waals surface area contributed by atoms with Gasteiger partial charge in [-0.3, -0.25) is 0 Å². The predicted octanol–water partition coefficient (Wildman–Crippen LogP) is 0.812. The van der Waals surface area contributed by atoms with Gasteiger partial charge in [-0.15, -0.1) is 0 Å². The molecule has 3 N–H and O–H groups in total. The number of likely N-dealkylation sites (tertiary alicyclic amines) is 1. The zero-order valence-electron chi connectivity index (χ0n) is 9.69. The standard InChI is InChI=1S/C11H19N5/c1-16-6-2-3-9(8-16)7-14-11-13-5-4-10(12)15-11/h4-5,9H,2-3,6-8H2,1H3,(H3,12,13,14,15). The molecule has 0 bridgehead atoms. The normalized spacial score (nSPS) is 21.9. The minimum Gasteiger partial charge on any atom is -0.384 e. The molecule has 1 saturated heterocycles. The highest BCUT2D eigenvalue weighted by molar-refractivity contribution is 5.34. The van der Waals surface area contributed by atoms with Gasteiger partial charge < -0.3 is 16.0 Å². The Kier molecular flexibility index (Phi) is 3.56. The number of nitrogens with two attached hydrogens (primary N) is 1. The molecule has 1 aliphatic heterocycles. The third kappa shape index (κ3) is 3.06. The van der Waals surface area contributed by atoms with Gasteiger partial charge in [0.2, 0.25) is 5.95 Å². The lowest BCUT2D eigenvalue weighted by molar-refractivity contribution is 0.217. The number of aromatic nitrogens is 2. The van der Waals surface area contributed by atoms with Crippen LogP contribution in [-0.2, 0) is 0 Å². The first-order valence-electron chi connectivity index (χ1n) is 5.75. The molecule has 2 heterocycles. The van der Waals surface area contributed by atoms with Crippen LogP contribution < -0.4 is 11.1 Å². The van der Waals surface area contributed by atoms with Gasteiger partial charge in [0.1, 0.15) is 5.82 Å². The molecule has 0 spiro atoms. The Balaban J connectivity index is 1.82. The summed E-state index contributed by atoms with van der Waals surface area (Å²) in [6.45, 7) is 3.29. The van der Waals surface area contributed by atoms with Crippen LogP contribution in [-0.4, -0.2) is 41.5 Å². The molecule has 1 aromatic rings. The van der Waals surface area contributed by atoms with Crippen molar-refractivity contribution in [1.29, 1.82) is 0 Å². The maximum absolute atomic E-state index is 5.59. The van der Waals surface area contributed by atoms with Crippen LogP contribution in [0.1, 0.15) is 12.8 Å². The van der Waals surface area contributed by atoms with Crippen molar-refractivity contribution in [2.75, 3.05) is 37.7 Å². The highest BCUT2D eigenvalue weighted by atomic mass is 15.1. The van der Waals surface area contributed by atoms with Crippen molar-refractivity contribution in [2.45, 2.75) is 12.8 Å². The quantitative estimate of drug-likeness (QED) is 0.790. The topological polar surface area (TPSA) is 67.1 Å². The molecule has 1 atom stereocenters. The largest absolute Gasteiger partial charge is 0.384 e. The lowest BCUT2D eigenvalue weighted by atomic mass is 9.99. The van der Waals surface area contributed by atoms with E-state index in [-0.39, 0.29) is 0 Å². The lowest BCUT2D eigenvalue weighted by Gasteiger charge is -2.29. The summed E-state index contributed by atoms with van der Waals surface area (Å²) >= 11 is 0. The molecule has 1 aliphatic rings. The van der Waals surface area contributed by atoms with E-state index in [2.05, 4.69) is 27.2 Å². The summed E-state index contributed by atoms with van der Waals surface area (Å²) in [5.74, 6) is 1.83. The van der Waals surface area contributed by atoms with Crippen LogP contribution in [0.25, 0.3) is 0 Å². The molecule has 0 aliphatic carbocycles. The van der Waals surface area contributed by atoms with Gasteiger partial charge in [-0.05, 0) is 38.4 Å². The van der Waals surface area contributed by atoms with Crippen LogP contribution in [0.5, 0.6) is 0 Å². The Hall–Kier alpha value is -1.36. The SMILES string of the molecule is CN1CCCC(CNc2nccc(N)n2)C1. The van der Waals surface area contributed by atoms with Gasteiger partial charge in [-0.25, -0.2) is 4.98 Å². The highest BCUT2D eigenvalue weighted by Crippen LogP contribution is 2.15. The molecular weight excluding hydrogens is 202 g/mol. The van der Waals surface area contributed by atoms with Gasteiger partial charge >= 0.3 is 0 Å². The van der Waals surface area contributed by atoms with E-state index < -0.39 is 0 Å². The van der Waals surface area contributed by atoms with E-state index in [4.69, 9.17) is 5.73 Å². The summed E-state index contributed by atoms with van der Waals surface area (Å²) in [6.07, 6.45) is 4.23. The smallest absolute Gasteiger partial charge is 0.224 e. The summed E-state index contributed by atoms with van der Waals surface area (Å²) in [5.41, 5.74) is 5.59. The number of anilines is 2. The van der Waals surface area contributed by atoms with Crippen LogP contribution in [0.4, 0.5) is 11.8 Å². The van der Waals surface area contributed by atoms with Crippen LogP contribution in [0, 0.1) is 5.92 Å². The monoisotopic (exact) mass is 221 g/mol. The van der Waals surface area contributed by atoms with Crippen LogP contribution >= 0.6 is 0 Å². The minimum absolute atomic E-state index is 0.512. The third-order valence-corrected chi connectivity index (χ3v) is 2.95. The molecule has 88 valence electrons. The predicted molar refractivity (Wildman–Crippen MR) is 65.2 cm³/mol. The Morgan fingerprint density at radius 3 is 3.25 bits per heavy atom. The number of nitrogen functional groups attached to an aromatic ring is 1. The Labute approximate surface area is 96.1 Å². The van der Waals surface area contributed by atoms with Crippen molar-refractivity contribution in [3.63, 3.8) is 0 Å². The van der Waals surface area contributed by atoms with Crippen molar-refractivity contribution in [1.82, 2.24) is 14.9 Å². The maximum Gasteiger partial charge on any atom is 0.224 e. The van der Waals surface area contributed by atoms with E-state index in [1.165, 1.54) is 19.4 Å². The molecule has 5 heteroatoms. The van der Waals surface area contributed by atoms with E-state index in [0.717, 1.165) is 13.1 Å². The molecule has 0 radical (unpaired) electrons. The molecular formula is C11H19N5. The number of hydrogen-bond donors (Lipinski definition) is 2. The molecule has 0 aromatic carbocycles. The van der Waals surface area contributed by atoms with Gasteiger partial charge in [0, 0.05) is 19.3 Å². The zero-order valence-corrected chi connectivity index (χ0v) is 9.69. The van der Waals surface area contributed by atoms with Crippen molar-refractivity contribution in [3.8, 4) is 0 Å². The van der Waals surface area contributed by atoms with Crippen molar-refractivity contribution < 1.29 is 0 Å². The summed E-state index contributed by atoms with van der Waals surface area (Å²) in [6, 6.07) is 1.69. The summed E-state index contributed by atoms with van der Waals surface area (Å²) in [4.78, 5) is 10.6. The second-order valence-electron chi connectivity index (χ2n) is 4.46. The average molecular weight is 221 g/mol. The van der Waals surface area contributed by atoms with Gasteiger partial charge in [0.25, 0.3) is 0 Å². The second-order valence-corrected chi connectivity index (χ2v) is 4.46. The molecule has 16 heavy (non-hydrogen) atoms. The van der Waals surface area contributed by atoms with Crippen molar-refractivity contribution in [2.24, 2.45) is 5.92 Å². The van der Waals surface area contributed by atoms with Crippen LogP contribution in [0.3, 0.4) is 0 Å². The van der Waals surface area contributed by atoms with Gasteiger partial charge in [0.05, 0.1) is 0 Å². The Bertz CT molecular complexity index is 341. The first kappa shape index (κ1) is 11.1. The van der Waals surface area contributed by atoms with Gasteiger partial charge in [-0.2, -0.15) is 4.98 Å². The molecule has 1 fully saturated rings. The number of hydrogen-bond acceptors (Lipinski definition) is 5. The summed E-state index contributed by atoms with van der Waals surface area (Å²) in [5, 5.41) is 3.25. The molecule has 1 unspecified atom stereocenters. The average Bonchev–Trinajstić information content (AvgIpc) is 2.27. The Morgan fingerprint density at radius 1 is 1.62 bits per heavy atom.